The standard InChI is InChI=1S/C17H22N6O6S3/c1-9(24)22-15(29)17(32-7-12(19)26)23(16(14(20)28)31-6-11(18)25)13(27)8-30-10-2-4-21-5-3-10/h2-5,16-17H,6-8H2,1H3,(H2,18,25)(H2,19,26)(H2,20,28)(H,22,24,29). The second kappa shape index (κ2) is 13.6. The summed E-state index contributed by atoms with van der Waals surface area (Å²) in [5.74, 6) is -6.02. The minimum Gasteiger partial charge on any atom is -0.369 e. The maximum Gasteiger partial charge on any atom is 0.259 e. The minimum atomic E-state index is -1.52. The van der Waals surface area contributed by atoms with Gasteiger partial charge < -0.3 is 17.2 Å². The van der Waals surface area contributed by atoms with E-state index in [1.54, 1.807) is 12.1 Å². The average molecular weight is 503 g/mol. The molecule has 6 amide bonds. The Labute approximate surface area is 196 Å². The number of rotatable bonds is 13. The largest absolute Gasteiger partial charge is 0.369 e. The smallest absolute Gasteiger partial charge is 0.259 e. The molecule has 2 unspecified atom stereocenters. The highest BCUT2D eigenvalue weighted by Gasteiger charge is 2.39. The molecule has 2 atom stereocenters. The number of pyridine rings is 1. The molecule has 0 aromatic carbocycles. The van der Waals surface area contributed by atoms with Gasteiger partial charge in [-0.3, -0.25) is 44.0 Å². The van der Waals surface area contributed by atoms with Gasteiger partial charge in [0.05, 0.1) is 17.3 Å². The van der Waals surface area contributed by atoms with Crippen LogP contribution in [0.4, 0.5) is 0 Å². The van der Waals surface area contributed by atoms with Crippen LogP contribution in [0, 0.1) is 0 Å². The molecule has 0 spiro atoms. The molecular formula is C17H22N6O6S3. The predicted molar refractivity (Wildman–Crippen MR) is 121 cm³/mol. The van der Waals surface area contributed by atoms with Gasteiger partial charge in [-0.2, -0.15) is 0 Å². The van der Waals surface area contributed by atoms with Crippen LogP contribution in [0.5, 0.6) is 0 Å². The fourth-order valence-electron chi connectivity index (χ4n) is 2.18. The highest BCUT2D eigenvalue weighted by atomic mass is 32.2. The van der Waals surface area contributed by atoms with Crippen LogP contribution in [0.1, 0.15) is 6.92 Å². The first kappa shape index (κ1) is 27.3. The van der Waals surface area contributed by atoms with Crippen LogP contribution in [-0.4, -0.2) is 73.3 Å². The van der Waals surface area contributed by atoms with Crippen LogP contribution >= 0.6 is 35.3 Å². The van der Waals surface area contributed by atoms with Gasteiger partial charge in [0.2, 0.25) is 23.6 Å². The van der Waals surface area contributed by atoms with Crippen molar-refractivity contribution in [1.29, 1.82) is 0 Å². The second-order valence-corrected chi connectivity index (χ2v) is 9.17. The van der Waals surface area contributed by atoms with Crippen LogP contribution < -0.4 is 22.5 Å². The number of carbonyl (C=O) groups excluding carboxylic acids is 6. The molecule has 1 heterocycles. The van der Waals surface area contributed by atoms with Crippen molar-refractivity contribution in [1.82, 2.24) is 15.2 Å². The molecule has 174 valence electrons. The Morgan fingerprint density at radius 1 is 0.938 bits per heavy atom. The molecule has 0 radical (unpaired) electrons. The maximum atomic E-state index is 13.1. The molecule has 0 aliphatic heterocycles. The number of nitrogens with zero attached hydrogens (tertiary/aromatic N) is 2. The van der Waals surface area contributed by atoms with Gasteiger partial charge >= 0.3 is 0 Å². The van der Waals surface area contributed by atoms with Crippen LogP contribution in [0.25, 0.3) is 0 Å². The number of carbonyl (C=O) groups is 6. The molecule has 7 N–H and O–H groups in total. The van der Waals surface area contributed by atoms with E-state index in [1.165, 1.54) is 12.4 Å². The third kappa shape index (κ3) is 9.57. The number of nitrogens with two attached hydrogens (primary N) is 3. The fourth-order valence-corrected chi connectivity index (χ4v) is 4.83. The summed E-state index contributed by atoms with van der Waals surface area (Å²) < 4.78 is 0. The molecule has 12 nitrogen and oxygen atoms in total. The number of aromatic nitrogens is 1. The lowest BCUT2D eigenvalue weighted by Gasteiger charge is -2.34. The zero-order valence-electron chi connectivity index (χ0n) is 16.9. The van der Waals surface area contributed by atoms with Crippen molar-refractivity contribution in [2.75, 3.05) is 17.3 Å². The van der Waals surface area contributed by atoms with Crippen molar-refractivity contribution in [3.05, 3.63) is 24.5 Å². The Balaban J connectivity index is 3.31. The normalized spacial score (nSPS) is 12.3. The van der Waals surface area contributed by atoms with Gasteiger partial charge in [-0.1, -0.05) is 0 Å². The van der Waals surface area contributed by atoms with Crippen molar-refractivity contribution < 1.29 is 28.8 Å². The van der Waals surface area contributed by atoms with E-state index in [0.717, 1.165) is 23.6 Å². The summed E-state index contributed by atoms with van der Waals surface area (Å²) in [6.45, 7) is 1.08. The summed E-state index contributed by atoms with van der Waals surface area (Å²) in [5.41, 5.74) is 15.7. The predicted octanol–water partition coefficient (Wildman–Crippen LogP) is -1.76. The molecule has 0 fully saturated rings. The quantitative estimate of drug-likeness (QED) is 0.176. The number of thioether (sulfide) groups is 3. The SMILES string of the molecule is CC(=O)NC(=O)C(SCC(N)=O)N(C(=O)CSc1ccncc1)C(SCC(N)=O)C(N)=O. The first-order valence-corrected chi connectivity index (χ1v) is 11.9. The maximum absolute atomic E-state index is 13.1. The topological polar surface area (TPSA) is 209 Å². The molecule has 0 saturated carbocycles. The summed E-state index contributed by atoms with van der Waals surface area (Å²) in [4.78, 5) is 77.3. The lowest BCUT2D eigenvalue weighted by atomic mass is 10.4. The number of hydrogen-bond donors (Lipinski definition) is 4. The van der Waals surface area contributed by atoms with Crippen LogP contribution in [-0.2, 0) is 28.8 Å². The minimum absolute atomic E-state index is 0.230. The van der Waals surface area contributed by atoms with Crippen LogP contribution in [0.15, 0.2) is 29.4 Å². The Bertz CT molecular complexity index is 872. The van der Waals surface area contributed by atoms with Crippen molar-refractivity contribution in [3.63, 3.8) is 0 Å². The fraction of sp³-hybridized carbons (Fsp3) is 0.353. The van der Waals surface area contributed by atoms with E-state index in [-0.39, 0.29) is 11.5 Å². The van der Waals surface area contributed by atoms with E-state index < -0.39 is 51.9 Å². The van der Waals surface area contributed by atoms with E-state index in [0.29, 0.717) is 28.4 Å². The zero-order chi connectivity index (χ0) is 24.3. The summed E-state index contributed by atoms with van der Waals surface area (Å²) >= 11 is 2.36. The number of nitrogens with one attached hydrogen (secondary N) is 1. The molecule has 15 heteroatoms. The second-order valence-electron chi connectivity index (χ2n) is 5.98. The number of amides is 6. The van der Waals surface area contributed by atoms with Crippen molar-refractivity contribution in [2.45, 2.75) is 22.6 Å². The van der Waals surface area contributed by atoms with E-state index in [4.69, 9.17) is 17.2 Å². The third-order valence-corrected chi connectivity index (χ3v) is 6.77. The van der Waals surface area contributed by atoms with Crippen molar-refractivity contribution in [3.8, 4) is 0 Å². The zero-order valence-corrected chi connectivity index (χ0v) is 19.3. The molecule has 0 aliphatic carbocycles. The molecule has 0 bridgehead atoms. The summed E-state index contributed by atoms with van der Waals surface area (Å²) in [5, 5.41) is -0.987. The Kier molecular flexibility index (Phi) is 11.6. The Morgan fingerprint density at radius 3 is 1.94 bits per heavy atom. The first-order valence-electron chi connectivity index (χ1n) is 8.77. The van der Waals surface area contributed by atoms with Crippen LogP contribution in [0.2, 0.25) is 0 Å². The van der Waals surface area contributed by atoms with Gasteiger partial charge in [-0.05, 0) is 12.1 Å². The van der Waals surface area contributed by atoms with Crippen molar-refractivity contribution >= 4 is 70.7 Å². The van der Waals surface area contributed by atoms with Gasteiger partial charge in [-0.25, -0.2) is 0 Å². The lowest BCUT2D eigenvalue weighted by molar-refractivity contribution is -0.140. The van der Waals surface area contributed by atoms with E-state index in [9.17, 15) is 28.8 Å². The number of imide groups is 1. The van der Waals surface area contributed by atoms with Crippen LogP contribution in [0.3, 0.4) is 0 Å². The molecule has 1 aromatic rings. The monoisotopic (exact) mass is 502 g/mol. The Morgan fingerprint density at radius 2 is 1.47 bits per heavy atom. The van der Waals surface area contributed by atoms with Gasteiger partial charge in [0, 0.05) is 24.2 Å². The van der Waals surface area contributed by atoms with Gasteiger partial charge in [0.25, 0.3) is 11.8 Å². The summed E-state index contributed by atoms with van der Waals surface area (Å²) in [6.07, 6.45) is 3.04. The van der Waals surface area contributed by atoms with E-state index >= 15 is 0 Å². The number of primary amides is 3. The molecule has 0 aliphatic rings. The molecule has 1 rings (SSSR count). The van der Waals surface area contributed by atoms with Gasteiger partial charge in [0.15, 0.2) is 10.7 Å². The average Bonchev–Trinajstić information content (AvgIpc) is 2.70. The van der Waals surface area contributed by atoms with E-state index in [1.807, 2.05) is 5.32 Å². The number of hydrogen-bond acceptors (Lipinski definition) is 10. The highest BCUT2D eigenvalue weighted by molar-refractivity contribution is 8.02. The Hall–Kier alpha value is -2.78. The molecular weight excluding hydrogens is 480 g/mol. The third-order valence-electron chi connectivity index (χ3n) is 3.34. The van der Waals surface area contributed by atoms with E-state index in [2.05, 4.69) is 4.98 Å². The lowest BCUT2D eigenvalue weighted by Crippen LogP contribution is -2.56. The first-order chi connectivity index (χ1) is 15.0. The highest BCUT2D eigenvalue weighted by Crippen LogP contribution is 2.27. The summed E-state index contributed by atoms with van der Waals surface area (Å²) in [6, 6.07) is 3.30. The molecule has 1 aromatic heterocycles. The molecule has 32 heavy (non-hydrogen) atoms. The van der Waals surface area contributed by atoms with Gasteiger partial charge in [0.1, 0.15) is 0 Å². The summed E-state index contributed by atoms with van der Waals surface area (Å²) in [7, 11) is 0. The molecule has 0 saturated heterocycles. The van der Waals surface area contributed by atoms with Crippen molar-refractivity contribution in [2.24, 2.45) is 17.2 Å². The van der Waals surface area contributed by atoms with Gasteiger partial charge in [-0.15, -0.1) is 35.3 Å².